The summed E-state index contributed by atoms with van der Waals surface area (Å²) in [5.74, 6) is -0.849. The van der Waals surface area contributed by atoms with E-state index >= 15 is 0 Å². The van der Waals surface area contributed by atoms with Crippen molar-refractivity contribution in [1.82, 2.24) is 5.32 Å². The molecular weight excluding hydrogens is 198 g/mol. The number of carbonyl (C=O) groups is 1. The van der Waals surface area contributed by atoms with E-state index in [2.05, 4.69) is 5.32 Å². The van der Waals surface area contributed by atoms with Crippen molar-refractivity contribution in [3.63, 3.8) is 0 Å². The number of carboxylic acids is 1. The summed E-state index contributed by atoms with van der Waals surface area (Å²) in [6, 6.07) is -0.208. The quantitative estimate of drug-likeness (QED) is 0.542. The van der Waals surface area contributed by atoms with Crippen molar-refractivity contribution in [2.45, 2.75) is 31.8 Å². The second-order valence-electron chi connectivity index (χ2n) is 3.60. The van der Waals surface area contributed by atoms with Gasteiger partial charge in [0.15, 0.2) is 0 Å². The van der Waals surface area contributed by atoms with Crippen LogP contribution in [0.15, 0.2) is 0 Å². The number of carboxylic acid groups (broad SMARTS) is 1. The smallest absolute Gasteiger partial charge is 0.323 e. The predicted molar refractivity (Wildman–Crippen MR) is 54.9 cm³/mol. The number of hydrogen-bond acceptors (Lipinski definition) is 4. The Morgan fingerprint density at radius 1 is 1.47 bits per heavy atom. The minimum absolute atomic E-state index is 0.207. The summed E-state index contributed by atoms with van der Waals surface area (Å²) in [6.45, 7) is 3.75. The lowest BCUT2D eigenvalue weighted by Crippen LogP contribution is -2.42. The van der Waals surface area contributed by atoms with E-state index < -0.39 is 12.0 Å². The first-order valence-corrected chi connectivity index (χ1v) is 5.38. The monoisotopic (exact) mass is 217 g/mol. The van der Waals surface area contributed by atoms with Crippen LogP contribution in [0.2, 0.25) is 0 Å². The maximum atomic E-state index is 10.8. The number of aliphatic carboxylic acids is 1. The number of rotatable bonds is 9. The van der Waals surface area contributed by atoms with Gasteiger partial charge in [-0.05, 0) is 19.8 Å². The lowest BCUT2D eigenvalue weighted by molar-refractivity contribution is -0.141. The van der Waals surface area contributed by atoms with Crippen LogP contribution in [0, 0.1) is 0 Å². The lowest BCUT2D eigenvalue weighted by atomic mass is 10.3. The molecule has 0 aromatic rings. The van der Waals surface area contributed by atoms with Crippen LogP contribution in [0.5, 0.6) is 0 Å². The minimum Gasteiger partial charge on any atom is -0.480 e. The fraction of sp³-hybridized carbons (Fsp3) is 0.900. The van der Waals surface area contributed by atoms with Crippen molar-refractivity contribution < 1.29 is 19.4 Å². The van der Waals surface area contributed by atoms with Gasteiger partial charge in [0.2, 0.25) is 0 Å². The van der Waals surface area contributed by atoms with Gasteiger partial charge in [-0.2, -0.15) is 0 Å². The van der Waals surface area contributed by atoms with Crippen LogP contribution < -0.4 is 5.32 Å². The highest BCUT2D eigenvalue weighted by Gasteiger charge is 2.28. The van der Waals surface area contributed by atoms with Crippen molar-refractivity contribution in [3.8, 4) is 0 Å². The number of nitrogens with one attached hydrogen (secondary N) is 1. The van der Waals surface area contributed by atoms with E-state index in [4.69, 9.17) is 14.6 Å². The zero-order valence-electron chi connectivity index (χ0n) is 9.07. The molecule has 1 saturated carbocycles. The summed E-state index contributed by atoms with van der Waals surface area (Å²) in [5, 5.41) is 11.9. The molecule has 0 aromatic heterocycles. The zero-order valence-corrected chi connectivity index (χ0v) is 9.07. The van der Waals surface area contributed by atoms with Gasteiger partial charge in [-0.15, -0.1) is 0 Å². The van der Waals surface area contributed by atoms with Gasteiger partial charge in [-0.3, -0.25) is 10.1 Å². The Morgan fingerprint density at radius 3 is 2.67 bits per heavy atom. The summed E-state index contributed by atoms with van der Waals surface area (Å²) >= 11 is 0. The Morgan fingerprint density at radius 2 is 2.13 bits per heavy atom. The Kier molecular flexibility index (Phi) is 5.60. The highest BCUT2D eigenvalue weighted by Crippen LogP contribution is 2.19. The molecule has 0 spiro atoms. The second-order valence-corrected chi connectivity index (χ2v) is 3.60. The maximum absolute atomic E-state index is 10.8. The van der Waals surface area contributed by atoms with Gasteiger partial charge < -0.3 is 14.6 Å². The summed E-state index contributed by atoms with van der Waals surface area (Å²) in [7, 11) is 0. The van der Waals surface area contributed by atoms with Crippen LogP contribution in [-0.2, 0) is 14.3 Å². The lowest BCUT2D eigenvalue weighted by Gasteiger charge is -2.13. The maximum Gasteiger partial charge on any atom is 0.323 e. The molecule has 5 heteroatoms. The van der Waals surface area contributed by atoms with Gasteiger partial charge >= 0.3 is 5.97 Å². The molecule has 0 saturated heterocycles. The largest absolute Gasteiger partial charge is 0.480 e. The van der Waals surface area contributed by atoms with Crippen molar-refractivity contribution in [2.75, 3.05) is 26.4 Å². The van der Waals surface area contributed by atoms with E-state index in [1.807, 2.05) is 6.92 Å². The highest BCUT2D eigenvalue weighted by atomic mass is 16.5. The third-order valence-electron chi connectivity index (χ3n) is 2.17. The van der Waals surface area contributed by atoms with E-state index in [1.54, 1.807) is 0 Å². The van der Waals surface area contributed by atoms with Crippen LogP contribution in [0.3, 0.4) is 0 Å². The first-order chi connectivity index (χ1) is 7.24. The third-order valence-corrected chi connectivity index (χ3v) is 2.17. The van der Waals surface area contributed by atoms with Crippen molar-refractivity contribution in [2.24, 2.45) is 0 Å². The SMILES string of the molecule is CCOCCOCC(NC1CC1)C(=O)O. The van der Waals surface area contributed by atoms with Crippen LogP contribution in [0.1, 0.15) is 19.8 Å². The van der Waals surface area contributed by atoms with Crippen molar-refractivity contribution in [3.05, 3.63) is 0 Å². The summed E-state index contributed by atoms with van der Waals surface area (Å²) in [6.07, 6.45) is 2.14. The van der Waals surface area contributed by atoms with Crippen LogP contribution in [0.25, 0.3) is 0 Å². The fourth-order valence-corrected chi connectivity index (χ4v) is 1.19. The molecule has 0 heterocycles. The molecule has 1 rings (SSSR count). The number of ether oxygens (including phenoxy) is 2. The van der Waals surface area contributed by atoms with Gasteiger partial charge in [-0.1, -0.05) is 0 Å². The molecule has 1 aliphatic carbocycles. The molecule has 88 valence electrons. The minimum atomic E-state index is -0.849. The third kappa shape index (κ3) is 5.71. The Balaban J connectivity index is 2.05. The molecule has 1 unspecified atom stereocenters. The molecule has 5 nitrogen and oxygen atoms in total. The Hall–Kier alpha value is -0.650. The summed E-state index contributed by atoms with van der Waals surface area (Å²) in [4.78, 5) is 10.8. The number of hydrogen-bond donors (Lipinski definition) is 2. The molecule has 1 fully saturated rings. The van der Waals surface area contributed by atoms with E-state index in [9.17, 15) is 4.79 Å². The van der Waals surface area contributed by atoms with E-state index in [1.165, 1.54) is 0 Å². The van der Waals surface area contributed by atoms with Crippen molar-refractivity contribution >= 4 is 5.97 Å². The molecule has 0 bridgehead atoms. The van der Waals surface area contributed by atoms with Crippen LogP contribution in [-0.4, -0.2) is 49.6 Å². The molecular formula is C10H19NO4. The van der Waals surface area contributed by atoms with Crippen LogP contribution >= 0.6 is 0 Å². The van der Waals surface area contributed by atoms with E-state index in [0.717, 1.165) is 12.8 Å². The van der Waals surface area contributed by atoms with Gasteiger partial charge in [0.05, 0.1) is 19.8 Å². The topological polar surface area (TPSA) is 67.8 Å². The molecule has 15 heavy (non-hydrogen) atoms. The normalized spacial score (nSPS) is 17.7. The average Bonchev–Trinajstić information content (AvgIpc) is 2.99. The Labute approximate surface area is 89.8 Å². The first kappa shape index (κ1) is 12.4. The first-order valence-electron chi connectivity index (χ1n) is 5.38. The molecule has 0 aromatic carbocycles. The van der Waals surface area contributed by atoms with Gasteiger partial charge in [0.1, 0.15) is 6.04 Å². The van der Waals surface area contributed by atoms with E-state index in [-0.39, 0.29) is 6.61 Å². The molecule has 0 radical (unpaired) electrons. The molecule has 0 aliphatic heterocycles. The van der Waals surface area contributed by atoms with Crippen molar-refractivity contribution in [1.29, 1.82) is 0 Å². The fourth-order valence-electron chi connectivity index (χ4n) is 1.19. The van der Waals surface area contributed by atoms with Gasteiger partial charge in [0, 0.05) is 12.6 Å². The highest BCUT2D eigenvalue weighted by molar-refractivity contribution is 5.73. The summed E-state index contributed by atoms with van der Waals surface area (Å²) in [5.41, 5.74) is 0. The Bertz CT molecular complexity index is 194. The van der Waals surface area contributed by atoms with E-state index in [0.29, 0.717) is 25.9 Å². The molecule has 0 amide bonds. The molecule has 1 atom stereocenters. The van der Waals surface area contributed by atoms with Gasteiger partial charge in [-0.25, -0.2) is 0 Å². The molecule has 1 aliphatic rings. The zero-order chi connectivity index (χ0) is 11.1. The standard InChI is InChI=1S/C10H19NO4/c1-2-14-5-6-15-7-9(10(12)13)11-8-3-4-8/h8-9,11H,2-7H2,1H3,(H,12,13). The van der Waals surface area contributed by atoms with Crippen LogP contribution in [0.4, 0.5) is 0 Å². The molecule has 2 N–H and O–H groups in total. The second kappa shape index (κ2) is 6.76. The van der Waals surface area contributed by atoms with Gasteiger partial charge in [0.25, 0.3) is 0 Å². The predicted octanol–water partition coefficient (Wildman–Crippen LogP) is 0.245. The summed E-state index contributed by atoms with van der Waals surface area (Å²) < 4.78 is 10.3. The average molecular weight is 217 g/mol.